The molecule has 0 bridgehead atoms. The molecule has 1 N–H and O–H groups in total. The van der Waals surface area contributed by atoms with Gasteiger partial charge in [-0.15, -0.1) is 5.10 Å². The topological polar surface area (TPSA) is 79.7 Å². The number of nitrogens with zero attached hydrogens (tertiary/aromatic N) is 5. The van der Waals surface area contributed by atoms with Gasteiger partial charge in [-0.2, -0.15) is 4.68 Å². The van der Waals surface area contributed by atoms with E-state index in [-0.39, 0.29) is 5.91 Å². The molecule has 7 nitrogen and oxygen atoms in total. The number of amides is 1. The minimum Gasteiger partial charge on any atom is -0.358 e. The molecular formula is C28H25ClN6O. The zero-order valence-electron chi connectivity index (χ0n) is 20.1. The molecule has 0 spiro atoms. The van der Waals surface area contributed by atoms with Crippen molar-refractivity contribution in [1.29, 1.82) is 0 Å². The Labute approximate surface area is 213 Å². The molecule has 36 heavy (non-hydrogen) atoms. The minimum atomic E-state index is -0.473. The number of aryl methyl sites for hydroxylation is 2. The first-order valence-electron chi connectivity index (χ1n) is 12.0. The molecule has 0 aliphatic carbocycles. The van der Waals surface area contributed by atoms with Crippen LogP contribution >= 0.6 is 11.6 Å². The van der Waals surface area contributed by atoms with E-state index in [0.29, 0.717) is 23.8 Å². The Bertz CT molecular complexity index is 1570. The molecule has 6 rings (SSSR count). The van der Waals surface area contributed by atoms with Gasteiger partial charge in [0.1, 0.15) is 6.04 Å². The van der Waals surface area contributed by atoms with E-state index in [1.54, 1.807) is 4.68 Å². The average Bonchev–Trinajstić information content (AvgIpc) is 3.43. The lowest BCUT2D eigenvalue weighted by atomic mass is 10.0. The molecule has 3 aromatic carbocycles. The van der Waals surface area contributed by atoms with Crippen molar-refractivity contribution < 1.29 is 4.79 Å². The van der Waals surface area contributed by atoms with Gasteiger partial charge in [-0.25, -0.2) is 0 Å². The number of rotatable bonds is 4. The lowest BCUT2D eigenvalue weighted by Gasteiger charge is -2.30. The van der Waals surface area contributed by atoms with Crippen molar-refractivity contribution in [2.45, 2.75) is 32.7 Å². The highest BCUT2D eigenvalue weighted by molar-refractivity contribution is 6.30. The predicted octanol–water partition coefficient (Wildman–Crippen LogP) is 5.13. The quantitative estimate of drug-likeness (QED) is 0.374. The molecule has 2 aromatic heterocycles. The Morgan fingerprint density at radius 3 is 2.50 bits per heavy atom. The number of aromatic amines is 1. The third-order valence-electron chi connectivity index (χ3n) is 7.04. The number of para-hydroxylation sites is 2. The van der Waals surface area contributed by atoms with Gasteiger partial charge in [0.2, 0.25) is 5.91 Å². The highest BCUT2D eigenvalue weighted by Gasteiger charge is 2.34. The van der Waals surface area contributed by atoms with Crippen LogP contribution < -0.4 is 0 Å². The number of hydrogen-bond donors (Lipinski definition) is 1. The van der Waals surface area contributed by atoms with Crippen LogP contribution in [0.1, 0.15) is 39.8 Å². The summed E-state index contributed by atoms with van der Waals surface area (Å²) >= 11 is 6.22. The Morgan fingerprint density at radius 1 is 0.972 bits per heavy atom. The fraction of sp³-hybridized carbons (Fsp3) is 0.214. The largest absolute Gasteiger partial charge is 0.358 e. The van der Waals surface area contributed by atoms with Gasteiger partial charge in [-0.05, 0) is 71.1 Å². The number of hydrogen-bond acceptors (Lipinski definition) is 4. The first kappa shape index (κ1) is 22.5. The second kappa shape index (κ2) is 8.91. The smallest absolute Gasteiger partial charge is 0.229 e. The molecule has 180 valence electrons. The summed E-state index contributed by atoms with van der Waals surface area (Å²) in [5.74, 6) is 0.620. The third kappa shape index (κ3) is 3.76. The van der Waals surface area contributed by atoms with Crippen molar-refractivity contribution in [3.8, 4) is 5.69 Å². The Kier molecular flexibility index (Phi) is 5.57. The number of nitrogens with one attached hydrogen (secondary N) is 1. The Balaban J connectivity index is 1.47. The maximum absolute atomic E-state index is 13.8. The first-order valence-corrected chi connectivity index (χ1v) is 12.4. The zero-order chi connectivity index (χ0) is 24.8. The lowest BCUT2D eigenvalue weighted by molar-refractivity contribution is -0.132. The van der Waals surface area contributed by atoms with Gasteiger partial charge in [-0.1, -0.05) is 60.1 Å². The molecule has 0 saturated carbocycles. The maximum atomic E-state index is 13.8. The fourth-order valence-electron chi connectivity index (χ4n) is 5.35. The summed E-state index contributed by atoms with van der Waals surface area (Å²) in [6.45, 7) is 4.63. The second-order valence-corrected chi connectivity index (χ2v) is 9.72. The highest BCUT2D eigenvalue weighted by atomic mass is 35.5. The fourth-order valence-corrected chi connectivity index (χ4v) is 5.48. The van der Waals surface area contributed by atoms with E-state index in [2.05, 4.69) is 32.6 Å². The van der Waals surface area contributed by atoms with Crippen LogP contribution in [0.25, 0.3) is 16.6 Å². The molecule has 0 fully saturated rings. The van der Waals surface area contributed by atoms with E-state index < -0.39 is 6.04 Å². The van der Waals surface area contributed by atoms with Gasteiger partial charge in [-0.3, -0.25) is 4.79 Å². The third-order valence-corrected chi connectivity index (χ3v) is 7.29. The van der Waals surface area contributed by atoms with E-state index in [4.69, 9.17) is 11.6 Å². The van der Waals surface area contributed by atoms with E-state index in [9.17, 15) is 4.79 Å². The number of aromatic nitrogens is 5. The molecule has 1 aliphatic heterocycles. The van der Waals surface area contributed by atoms with Crippen LogP contribution in [0, 0.1) is 13.8 Å². The number of carbonyl (C=O) groups excluding carboxylic acids is 1. The van der Waals surface area contributed by atoms with Gasteiger partial charge in [0.15, 0.2) is 5.82 Å². The van der Waals surface area contributed by atoms with Crippen LogP contribution in [0.15, 0.2) is 66.7 Å². The van der Waals surface area contributed by atoms with Crippen molar-refractivity contribution in [3.05, 3.63) is 106 Å². The number of fused-ring (bicyclic) bond motifs is 3. The minimum absolute atomic E-state index is 0.0244. The summed E-state index contributed by atoms with van der Waals surface area (Å²) in [6, 6.07) is 21.4. The molecule has 0 saturated heterocycles. The predicted molar refractivity (Wildman–Crippen MR) is 139 cm³/mol. The molecule has 5 aromatic rings. The number of benzene rings is 3. The van der Waals surface area contributed by atoms with Crippen LogP contribution in [0.5, 0.6) is 0 Å². The van der Waals surface area contributed by atoms with Crippen molar-refractivity contribution in [3.63, 3.8) is 0 Å². The SMILES string of the molecule is Cc1cccc(C)c1-n1nnnc1C(c1ccc(Cl)cc1)N1CCc2c([nH]c3ccccc23)CC1=O. The van der Waals surface area contributed by atoms with Crippen molar-refractivity contribution in [1.82, 2.24) is 30.1 Å². The summed E-state index contributed by atoms with van der Waals surface area (Å²) in [7, 11) is 0. The average molecular weight is 497 g/mol. The maximum Gasteiger partial charge on any atom is 0.229 e. The molecular weight excluding hydrogens is 472 g/mol. The van der Waals surface area contributed by atoms with E-state index in [1.807, 2.05) is 73.3 Å². The lowest BCUT2D eigenvalue weighted by Crippen LogP contribution is -2.38. The standard InChI is InChI=1S/C28H25ClN6O/c1-17-6-5-7-18(2)26(17)35-28(31-32-33-35)27(19-10-12-20(29)13-11-19)34-15-14-22-21-8-3-4-9-23(21)30-24(22)16-25(34)36/h3-13,27,30H,14-16H2,1-2H3. The van der Waals surface area contributed by atoms with Crippen molar-refractivity contribution in [2.75, 3.05) is 6.54 Å². The van der Waals surface area contributed by atoms with Crippen LogP contribution in [0.3, 0.4) is 0 Å². The summed E-state index contributed by atoms with van der Waals surface area (Å²) < 4.78 is 1.77. The van der Waals surface area contributed by atoms with Gasteiger partial charge in [0, 0.05) is 28.2 Å². The summed E-state index contributed by atoms with van der Waals surface area (Å²) in [5.41, 5.74) is 7.19. The zero-order valence-corrected chi connectivity index (χ0v) is 20.8. The number of carbonyl (C=O) groups is 1. The molecule has 3 heterocycles. The van der Waals surface area contributed by atoms with Crippen molar-refractivity contribution in [2.24, 2.45) is 0 Å². The molecule has 8 heteroatoms. The highest BCUT2D eigenvalue weighted by Crippen LogP contribution is 2.34. The van der Waals surface area contributed by atoms with Crippen LogP contribution in [-0.4, -0.2) is 42.5 Å². The monoisotopic (exact) mass is 496 g/mol. The Morgan fingerprint density at radius 2 is 1.72 bits per heavy atom. The molecule has 1 atom stereocenters. The van der Waals surface area contributed by atoms with Crippen LogP contribution in [0.2, 0.25) is 5.02 Å². The first-order chi connectivity index (χ1) is 17.5. The summed E-state index contributed by atoms with van der Waals surface area (Å²) in [6.07, 6.45) is 1.03. The van der Waals surface area contributed by atoms with Gasteiger partial charge in [0.25, 0.3) is 0 Å². The van der Waals surface area contributed by atoms with Crippen molar-refractivity contribution >= 4 is 28.4 Å². The summed E-state index contributed by atoms with van der Waals surface area (Å²) in [4.78, 5) is 19.2. The van der Waals surface area contributed by atoms with E-state index in [1.165, 1.54) is 10.9 Å². The van der Waals surface area contributed by atoms with Gasteiger partial charge in [0.05, 0.1) is 12.1 Å². The van der Waals surface area contributed by atoms with E-state index >= 15 is 0 Å². The van der Waals surface area contributed by atoms with Crippen LogP contribution in [-0.2, 0) is 17.6 Å². The number of H-pyrrole nitrogens is 1. The number of tetrazole rings is 1. The second-order valence-electron chi connectivity index (χ2n) is 9.28. The molecule has 1 amide bonds. The van der Waals surface area contributed by atoms with Crippen LogP contribution in [0.4, 0.5) is 0 Å². The van der Waals surface area contributed by atoms with Gasteiger partial charge >= 0.3 is 0 Å². The summed E-state index contributed by atoms with van der Waals surface area (Å²) in [5, 5.41) is 14.7. The normalized spacial score (nSPS) is 14.6. The molecule has 1 aliphatic rings. The van der Waals surface area contributed by atoms with Gasteiger partial charge < -0.3 is 9.88 Å². The molecule has 0 radical (unpaired) electrons. The number of halogens is 1. The molecule has 1 unspecified atom stereocenters. The Hall–Kier alpha value is -3.97. The van der Waals surface area contributed by atoms with E-state index in [0.717, 1.165) is 40.0 Å².